The molecule has 6 rings (SSSR count). The summed E-state index contributed by atoms with van der Waals surface area (Å²) in [4.78, 5) is 45.8. The number of hydrogen-bond donors (Lipinski definition) is 6. The van der Waals surface area contributed by atoms with E-state index in [1.807, 2.05) is 30.3 Å². The van der Waals surface area contributed by atoms with Gasteiger partial charge in [0.15, 0.2) is 0 Å². The molecule has 0 atom stereocenters. The standard InChI is InChI=1S/C20H21FN2O4.C20H22N2O4/c21-14-3-5-15(6-4-14)22-20(26)23-16-7-11-18(12-8-16)27-17-9-1-13(2-10-17)19(24)25;23-19(24)14-6-10-17(11-7-14)26-18-12-8-16(9-13-18)22-20(25)21-15-4-2-1-3-5-15/h1-6,9-10,16,18H,7-8,11-12H2,(H,24,25)(H2,22,23,26);1-7,10-11,16,18H,8-9,12-13H2,(H,23,24)(H2,21,22,25). The van der Waals surface area contributed by atoms with Crippen molar-refractivity contribution in [3.05, 3.63) is 120 Å². The van der Waals surface area contributed by atoms with E-state index in [1.54, 1.807) is 36.4 Å². The van der Waals surface area contributed by atoms with Crippen molar-refractivity contribution in [2.75, 3.05) is 10.6 Å². The quantitative estimate of drug-likeness (QED) is 0.0955. The summed E-state index contributed by atoms with van der Waals surface area (Å²) < 4.78 is 24.7. The Balaban J connectivity index is 0.000000204. The first-order valence-electron chi connectivity index (χ1n) is 17.6. The van der Waals surface area contributed by atoms with Crippen LogP contribution in [-0.4, -0.2) is 58.5 Å². The number of halogens is 1. The molecule has 0 aromatic heterocycles. The van der Waals surface area contributed by atoms with Crippen LogP contribution in [0.2, 0.25) is 0 Å². The first kappa shape index (κ1) is 38.1. The van der Waals surface area contributed by atoms with Crippen LogP contribution in [0.4, 0.5) is 25.4 Å². The van der Waals surface area contributed by atoms with Gasteiger partial charge in [0.1, 0.15) is 17.3 Å². The van der Waals surface area contributed by atoms with Gasteiger partial charge in [-0.05, 0) is 136 Å². The van der Waals surface area contributed by atoms with Gasteiger partial charge in [0.2, 0.25) is 0 Å². The number of carboxylic acid groups (broad SMARTS) is 2. The molecule has 4 aromatic rings. The van der Waals surface area contributed by atoms with Crippen LogP contribution in [0.5, 0.6) is 11.5 Å². The van der Waals surface area contributed by atoms with Gasteiger partial charge < -0.3 is 41.0 Å². The molecule has 6 N–H and O–H groups in total. The Morgan fingerprint density at radius 1 is 0.509 bits per heavy atom. The minimum absolute atomic E-state index is 0.0406. The van der Waals surface area contributed by atoms with Crippen LogP contribution in [0.3, 0.4) is 0 Å². The molecule has 0 saturated heterocycles. The van der Waals surface area contributed by atoms with Crippen LogP contribution in [-0.2, 0) is 0 Å². The average Bonchev–Trinajstić information content (AvgIpc) is 3.15. The van der Waals surface area contributed by atoms with Crippen LogP contribution >= 0.6 is 0 Å². The van der Waals surface area contributed by atoms with Crippen molar-refractivity contribution in [2.24, 2.45) is 0 Å². The Bertz CT molecular complexity index is 1790. The molecule has 13 heteroatoms. The van der Waals surface area contributed by atoms with E-state index >= 15 is 0 Å². The van der Waals surface area contributed by atoms with Crippen molar-refractivity contribution in [1.82, 2.24) is 10.6 Å². The molecule has 53 heavy (non-hydrogen) atoms. The molecule has 0 radical (unpaired) electrons. The topological polar surface area (TPSA) is 175 Å². The Morgan fingerprint density at radius 2 is 0.887 bits per heavy atom. The zero-order valence-corrected chi connectivity index (χ0v) is 29.0. The molecule has 2 aliphatic carbocycles. The number of anilines is 2. The Kier molecular flexibility index (Phi) is 13.6. The monoisotopic (exact) mass is 726 g/mol. The van der Waals surface area contributed by atoms with Gasteiger partial charge >= 0.3 is 24.0 Å². The molecule has 0 bridgehead atoms. The number of aromatic carboxylic acids is 2. The summed E-state index contributed by atoms with van der Waals surface area (Å²) in [5, 5.41) is 29.3. The molecule has 278 valence electrons. The fourth-order valence-electron chi connectivity index (χ4n) is 6.15. The first-order chi connectivity index (χ1) is 25.6. The second kappa shape index (κ2) is 18.9. The molecule has 2 fully saturated rings. The highest BCUT2D eigenvalue weighted by atomic mass is 19.1. The van der Waals surface area contributed by atoms with Gasteiger partial charge in [-0.15, -0.1) is 0 Å². The lowest BCUT2D eigenvalue weighted by atomic mass is 9.93. The molecule has 4 aromatic carbocycles. The van der Waals surface area contributed by atoms with Crippen LogP contribution < -0.4 is 30.7 Å². The molecule has 0 aliphatic heterocycles. The highest BCUT2D eigenvalue weighted by molar-refractivity contribution is 5.90. The fraction of sp³-hybridized carbons (Fsp3) is 0.300. The minimum atomic E-state index is -0.966. The molecule has 0 spiro atoms. The predicted octanol–water partition coefficient (Wildman–Crippen LogP) is 7.93. The number of ether oxygens (including phenoxy) is 2. The van der Waals surface area contributed by atoms with Gasteiger partial charge in [-0.1, -0.05) is 18.2 Å². The highest BCUT2D eigenvalue weighted by Crippen LogP contribution is 2.26. The Labute approximate surface area is 306 Å². The second-order valence-corrected chi connectivity index (χ2v) is 12.9. The lowest BCUT2D eigenvalue weighted by molar-refractivity contribution is 0.0686. The van der Waals surface area contributed by atoms with E-state index in [0.29, 0.717) is 17.2 Å². The zero-order chi connectivity index (χ0) is 37.6. The predicted molar refractivity (Wildman–Crippen MR) is 197 cm³/mol. The summed E-state index contributed by atoms with van der Waals surface area (Å²) in [6.07, 6.45) is 6.67. The normalized spacial score (nSPS) is 19.3. The van der Waals surface area contributed by atoms with Crippen molar-refractivity contribution < 1.29 is 43.3 Å². The van der Waals surface area contributed by atoms with E-state index in [2.05, 4.69) is 21.3 Å². The number of carbonyl (C=O) groups excluding carboxylic acids is 2. The van der Waals surface area contributed by atoms with E-state index < -0.39 is 11.9 Å². The largest absolute Gasteiger partial charge is 0.490 e. The minimum Gasteiger partial charge on any atom is -0.490 e. The highest BCUT2D eigenvalue weighted by Gasteiger charge is 2.25. The fourth-order valence-corrected chi connectivity index (χ4v) is 6.15. The smallest absolute Gasteiger partial charge is 0.335 e. The molecule has 2 saturated carbocycles. The SMILES string of the molecule is O=C(Nc1ccc(F)cc1)NC1CCC(Oc2ccc(C(=O)O)cc2)CC1.O=C(Nc1ccccc1)NC1CCC(Oc2ccc(C(=O)O)cc2)CC1. The zero-order valence-electron chi connectivity index (χ0n) is 29.0. The third-order valence-electron chi connectivity index (χ3n) is 8.96. The van der Waals surface area contributed by atoms with E-state index in [1.165, 1.54) is 36.4 Å². The second-order valence-electron chi connectivity index (χ2n) is 12.9. The first-order valence-corrected chi connectivity index (χ1v) is 17.6. The van der Waals surface area contributed by atoms with Gasteiger partial charge in [-0.2, -0.15) is 0 Å². The summed E-state index contributed by atoms with van der Waals surface area (Å²) in [5.74, 6) is -0.945. The maximum absolute atomic E-state index is 12.9. The third kappa shape index (κ3) is 12.6. The summed E-state index contributed by atoms with van der Waals surface area (Å²) in [7, 11) is 0. The van der Waals surface area contributed by atoms with Gasteiger partial charge in [-0.3, -0.25) is 0 Å². The molecular weight excluding hydrogens is 683 g/mol. The van der Waals surface area contributed by atoms with E-state index in [-0.39, 0.29) is 53.3 Å². The molecule has 0 unspecified atom stereocenters. The van der Waals surface area contributed by atoms with Crippen LogP contribution in [0.1, 0.15) is 72.1 Å². The van der Waals surface area contributed by atoms with Gasteiger partial charge in [0, 0.05) is 23.5 Å². The average molecular weight is 727 g/mol. The van der Waals surface area contributed by atoms with Crippen molar-refractivity contribution in [2.45, 2.75) is 75.7 Å². The van der Waals surface area contributed by atoms with Crippen LogP contribution in [0.25, 0.3) is 0 Å². The number of para-hydroxylation sites is 1. The van der Waals surface area contributed by atoms with E-state index in [0.717, 1.165) is 57.1 Å². The Hall–Kier alpha value is -6.11. The number of benzene rings is 4. The van der Waals surface area contributed by atoms with Crippen molar-refractivity contribution in [3.63, 3.8) is 0 Å². The summed E-state index contributed by atoms with van der Waals surface area (Å²) in [6.45, 7) is 0. The number of amides is 4. The van der Waals surface area contributed by atoms with Crippen molar-refractivity contribution >= 4 is 35.4 Å². The Morgan fingerprint density at radius 3 is 1.26 bits per heavy atom. The number of rotatable bonds is 10. The molecule has 0 heterocycles. The summed E-state index contributed by atoms with van der Waals surface area (Å²) in [6, 6.07) is 27.4. The maximum atomic E-state index is 12.9. The number of carbonyl (C=O) groups is 4. The molecular formula is C40H43FN4O8. The number of nitrogens with one attached hydrogen (secondary N) is 4. The lowest BCUT2D eigenvalue weighted by Gasteiger charge is -2.29. The van der Waals surface area contributed by atoms with Crippen molar-refractivity contribution in [3.8, 4) is 11.5 Å². The van der Waals surface area contributed by atoms with Gasteiger partial charge in [-0.25, -0.2) is 23.6 Å². The van der Waals surface area contributed by atoms with Crippen LogP contribution in [0, 0.1) is 5.82 Å². The summed E-state index contributed by atoms with van der Waals surface area (Å²) >= 11 is 0. The van der Waals surface area contributed by atoms with Gasteiger partial charge in [0.05, 0.1) is 23.3 Å². The number of hydrogen-bond acceptors (Lipinski definition) is 6. The summed E-state index contributed by atoms with van der Waals surface area (Å²) in [5.41, 5.74) is 1.78. The lowest BCUT2D eigenvalue weighted by Crippen LogP contribution is -2.41. The van der Waals surface area contributed by atoms with E-state index in [4.69, 9.17) is 19.7 Å². The van der Waals surface area contributed by atoms with Crippen LogP contribution in [0.15, 0.2) is 103 Å². The van der Waals surface area contributed by atoms with E-state index in [9.17, 15) is 23.6 Å². The third-order valence-corrected chi connectivity index (χ3v) is 8.96. The number of urea groups is 2. The molecule has 2 aliphatic rings. The van der Waals surface area contributed by atoms with Crippen molar-refractivity contribution in [1.29, 1.82) is 0 Å². The molecule has 4 amide bonds. The van der Waals surface area contributed by atoms with Gasteiger partial charge in [0.25, 0.3) is 0 Å². The maximum Gasteiger partial charge on any atom is 0.335 e. The number of carboxylic acids is 2. The molecule has 12 nitrogen and oxygen atoms in total.